The maximum absolute atomic E-state index is 10.6. The van der Waals surface area contributed by atoms with Crippen molar-refractivity contribution in [3.63, 3.8) is 0 Å². The Bertz CT molecular complexity index is 410. The first-order chi connectivity index (χ1) is 12.2. The van der Waals surface area contributed by atoms with Crippen molar-refractivity contribution >= 4 is 11.9 Å². The average Bonchev–Trinajstić information content (AvgIpc) is 3.33. The van der Waals surface area contributed by atoms with Crippen LogP contribution in [0.1, 0.15) is 25.7 Å². The lowest BCUT2D eigenvalue weighted by Crippen LogP contribution is -2.17. The number of ether oxygens (including phenoxy) is 5. The largest absolute Gasteiger partial charge is 0.460 e. The Kier molecular flexibility index (Phi) is 11.6. The van der Waals surface area contributed by atoms with E-state index in [-0.39, 0.29) is 24.8 Å². The monoisotopic (exact) mass is 356 g/mol. The average molecular weight is 356 g/mol. The van der Waals surface area contributed by atoms with E-state index in [1.165, 1.54) is 0 Å². The topological polar surface area (TPSA) is 80.3 Å². The SMILES string of the molecule is C=CC(=O)OCC1CCCO1.C=CC(=O)OCCOCC1CCCO1. The molecule has 0 aromatic heterocycles. The van der Waals surface area contributed by atoms with Crippen LogP contribution in [0.2, 0.25) is 0 Å². The fraction of sp³-hybridized carbons (Fsp3) is 0.667. The van der Waals surface area contributed by atoms with Gasteiger partial charge < -0.3 is 23.7 Å². The first-order valence-electron chi connectivity index (χ1n) is 8.55. The molecular weight excluding hydrogens is 328 g/mol. The van der Waals surface area contributed by atoms with Gasteiger partial charge in [-0.3, -0.25) is 0 Å². The number of hydrogen-bond donors (Lipinski definition) is 0. The van der Waals surface area contributed by atoms with Crippen molar-refractivity contribution in [3.8, 4) is 0 Å². The highest BCUT2D eigenvalue weighted by molar-refractivity contribution is 5.81. The van der Waals surface area contributed by atoms with Crippen LogP contribution in [0.3, 0.4) is 0 Å². The van der Waals surface area contributed by atoms with E-state index >= 15 is 0 Å². The van der Waals surface area contributed by atoms with Crippen molar-refractivity contribution in [2.24, 2.45) is 0 Å². The summed E-state index contributed by atoms with van der Waals surface area (Å²) in [6.07, 6.45) is 6.87. The third kappa shape index (κ3) is 10.7. The molecule has 25 heavy (non-hydrogen) atoms. The van der Waals surface area contributed by atoms with Crippen molar-refractivity contribution in [2.45, 2.75) is 37.9 Å². The molecule has 0 aromatic carbocycles. The van der Waals surface area contributed by atoms with Gasteiger partial charge in [0.15, 0.2) is 0 Å². The van der Waals surface area contributed by atoms with Gasteiger partial charge in [0.05, 0.1) is 25.4 Å². The van der Waals surface area contributed by atoms with Gasteiger partial charge in [0.25, 0.3) is 0 Å². The van der Waals surface area contributed by atoms with E-state index in [9.17, 15) is 9.59 Å². The molecule has 0 spiro atoms. The van der Waals surface area contributed by atoms with Crippen LogP contribution in [-0.2, 0) is 33.3 Å². The zero-order chi connectivity index (χ0) is 18.3. The molecule has 0 N–H and O–H groups in total. The molecule has 2 rings (SSSR count). The highest BCUT2D eigenvalue weighted by atomic mass is 16.6. The third-order valence-electron chi connectivity index (χ3n) is 3.57. The van der Waals surface area contributed by atoms with Gasteiger partial charge in [0.1, 0.15) is 13.2 Å². The zero-order valence-corrected chi connectivity index (χ0v) is 14.7. The number of esters is 2. The van der Waals surface area contributed by atoms with Crippen LogP contribution in [0.25, 0.3) is 0 Å². The molecule has 7 nitrogen and oxygen atoms in total. The molecule has 2 saturated heterocycles. The summed E-state index contributed by atoms with van der Waals surface area (Å²) in [4.78, 5) is 21.2. The van der Waals surface area contributed by atoms with Gasteiger partial charge in [0, 0.05) is 25.4 Å². The summed E-state index contributed by atoms with van der Waals surface area (Å²) in [5, 5.41) is 0. The van der Waals surface area contributed by atoms with E-state index in [4.69, 9.17) is 23.7 Å². The lowest BCUT2D eigenvalue weighted by Gasteiger charge is -2.09. The highest BCUT2D eigenvalue weighted by Gasteiger charge is 2.16. The smallest absolute Gasteiger partial charge is 0.330 e. The van der Waals surface area contributed by atoms with Crippen molar-refractivity contribution in [3.05, 3.63) is 25.3 Å². The molecule has 0 aliphatic carbocycles. The first kappa shape index (κ1) is 21.3. The van der Waals surface area contributed by atoms with Crippen LogP contribution in [0, 0.1) is 0 Å². The van der Waals surface area contributed by atoms with Gasteiger partial charge in [0.2, 0.25) is 0 Å². The lowest BCUT2D eigenvalue weighted by atomic mass is 10.2. The second-order valence-electron chi connectivity index (χ2n) is 5.55. The molecule has 2 aliphatic heterocycles. The summed E-state index contributed by atoms with van der Waals surface area (Å²) >= 11 is 0. The van der Waals surface area contributed by atoms with Gasteiger partial charge in [-0.25, -0.2) is 9.59 Å². The molecule has 0 saturated carbocycles. The standard InChI is InChI=1S/C10H16O4.C8H12O3/c1-2-10(11)14-7-6-12-8-9-4-3-5-13-9;1-2-8(9)11-6-7-4-3-5-10-7/h2,9H,1,3-8H2;2,7H,1,3-6H2. The summed E-state index contributed by atoms with van der Waals surface area (Å²) in [7, 11) is 0. The molecule has 2 fully saturated rings. The molecular formula is C18H28O7. The normalized spacial score (nSPS) is 21.8. The maximum Gasteiger partial charge on any atom is 0.330 e. The Hall–Kier alpha value is -1.70. The Balaban J connectivity index is 0.000000257. The Morgan fingerprint density at radius 2 is 1.44 bits per heavy atom. The number of rotatable bonds is 9. The number of carbonyl (C=O) groups is 2. The van der Waals surface area contributed by atoms with Crippen molar-refractivity contribution < 1.29 is 33.3 Å². The summed E-state index contributed by atoms with van der Waals surface area (Å²) in [6, 6.07) is 0. The summed E-state index contributed by atoms with van der Waals surface area (Å²) in [6.45, 7) is 9.84. The molecule has 0 bridgehead atoms. The van der Waals surface area contributed by atoms with Crippen molar-refractivity contribution in [1.29, 1.82) is 0 Å². The molecule has 7 heteroatoms. The lowest BCUT2D eigenvalue weighted by molar-refractivity contribution is -0.141. The molecule has 2 unspecified atom stereocenters. The minimum Gasteiger partial charge on any atom is -0.460 e. The summed E-state index contributed by atoms with van der Waals surface area (Å²) < 4.78 is 25.4. The molecule has 2 atom stereocenters. The molecule has 2 aliphatic rings. The van der Waals surface area contributed by atoms with E-state index < -0.39 is 5.97 Å². The third-order valence-corrected chi connectivity index (χ3v) is 3.57. The van der Waals surface area contributed by atoms with E-state index in [2.05, 4.69) is 13.2 Å². The quantitative estimate of drug-likeness (QED) is 0.354. The molecule has 0 radical (unpaired) electrons. The van der Waals surface area contributed by atoms with E-state index in [0.717, 1.165) is 51.0 Å². The second kappa shape index (κ2) is 13.6. The fourth-order valence-corrected chi connectivity index (χ4v) is 2.26. The van der Waals surface area contributed by atoms with E-state index in [1.807, 2.05) is 0 Å². The van der Waals surface area contributed by atoms with Crippen LogP contribution >= 0.6 is 0 Å². The van der Waals surface area contributed by atoms with Crippen LogP contribution < -0.4 is 0 Å². The summed E-state index contributed by atoms with van der Waals surface area (Å²) in [5.41, 5.74) is 0. The predicted octanol–water partition coefficient (Wildman–Crippen LogP) is 1.81. The van der Waals surface area contributed by atoms with Crippen LogP contribution in [0.4, 0.5) is 0 Å². The molecule has 0 amide bonds. The first-order valence-corrected chi connectivity index (χ1v) is 8.55. The maximum atomic E-state index is 10.6. The van der Waals surface area contributed by atoms with Crippen LogP contribution in [0.15, 0.2) is 25.3 Å². The van der Waals surface area contributed by atoms with Gasteiger partial charge in [-0.05, 0) is 25.7 Å². The second-order valence-corrected chi connectivity index (χ2v) is 5.55. The van der Waals surface area contributed by atoms with E-state index in [1.54, 1.807) is 0 Å². The Morgan fingerprint density at radius 1 is 0.880 bits per heavy atom. The molecule has 0 aromatic rings. The molecule has 2 heterocycles. The number of carbonyl (C=O) groups excluding carboxylic acids is 2. The van der Waals surface area contributed by atoms with Crippen molar-refractivity contribution in [2.75, 3.05) is 39.6 Å². The predicted molar refractivity (Wildman–Crippen MR) is 91.1 cm³/mol. The van der Waals surface area contributed by atoms with Gasteiger partial charge >= 0.3 is 11.9 Å². The van der Waals surface area contributed by atoms with Gasteiger partial charge in [-0.1, -0.05) is 13.2 Å². The minimum atomic E-state index is -0.411. The highest BCUT2D eigenvalue weighted by Crippen LogP contribution is 2.12. The van der Waals surface area contributed by atoms with Crippen LogP contribution in [-0.4, -0.2) is 63.8 Å². The van der Waals surface area contributed by atoms with Gasteiger partial charge in [-0.15, -0.1) is 0 Å². The van der Waals surface area contributed by atoms with Crippen LogP contribution in [0.5, 0.6) is 0 Å². The van der Waals surface area contributed by atoms with E-state index in [0.29, 0.717) is 19.8 Å². The minimum absolute atomic E-state index is 0.110. The molecule has 142 valence electrons. The zero-order valence-electron chi connectivity index (χ0n) is 14.7. The Morgan fingerprint density at radius 3 is 1.96 bits per heavy atom. The Labute approximate surface area is 148 Å². The number of hydrogen-bond acceptors (Lipinski definition) is 7. The summed E-state index contributed by atoms with van der Waals surface area (Å²) in [5.74, 6) is -0.786. The van der Waals surface area contributed by atoms with Gasteiger partial charge in [-0.2, -0.15) is 0 Å². The van der Waals surface area contributed by atoms with Crippen molar-refractivity contribution in [1.82, 2.24) is 0 Å². The fourth-order valence-electron chi connectivity index (χ4n) is 2.26.